The molecule has 0 aliphatic carbocycles. The minimum atomic E-state index is -4.35. The maximum atomic E-state index is 12.7. The van der Waals surface area contributed by atoms with Gasteiger partial charge in [-0.1, -0.05) is 0 Å². The lowest BCUT2D eigenvalue weighted by Gasteiger charge is -2.13. The van der Waals surface area contributed by atoms with Crippen LogP contribution in [0.2, 0.25) is 0 Å². The van der Waals surface area contributed by atoms with E-state index in [4.69, 9.17) is 0 Å². The number of anilines is 1. The van der Waals surface area contributed by atoms with Gasteiger partial charge >= 0.3 is 6.18 Å². The van der Waals surface area contributed by atoms with Crippen molar-refractivity contribution in [2.24, 2.45) is 0 Å². The number of hydrogen-bond donors (Lipinski definition) is 1. The van der Waals surface area contributed by atoms with Gasteiger partial charge in [0.1, 0.15) is 0 Å². The highest BCUT2D eigenvalue weighted by Crippen LogP contribution is 2.34. The van der Waals surface area contributed by atoms with E-state index in [0.29, 0.717) is 23.2 Å². The third-order valence-corrected chi connectivity index (χ3v) is 3.73. The van der Waals surface area contributed by atoms with Gasteiger partial charge in [-0.05, 0) is 54.0 Å². The molecule has 1 N–H and O–H groups in total. The molecule has 1 heterocycles. The standard InChI is InChI=1S/C14H15BrF3N3/c1-3-21-11(6-9(2)20-21)8-19-13-7-10(14(16,17)18)4-5-12(13)15/h4-7,19H,3,8H2,1-2H3. The van der Waals surface area contributed by atoms with Gasteiger partial charge in [0.15, 0.2) is 0 Å². The summed E-state index contributed by atoms with van der Waals surface area (Å²) in [5.74, 6) is 0. The van der Waals surface area contributed by atoms with Gasteiger partial charge < -0.3 is 5.32 Å². The van der Waals surface area contributed by atoms with Crippen LogP contribution < -0.4 is 5.32 Å². The van der Waals surface area contributed by atoms with Gasteiger partial charge in [0.05, 0.1) is 23.5 Å². The predicted molar refractivity (Wildman–Crippen MR) is 79.1 cm³/mol. The van der Waals surface area contributed by atoms with Crippen LogP contribution in [0.5, 0.6) is 0 Å². The smallest absolute Gasteiger partial charge is 0.378 e. The van der Waals surface area contributed by atoms with Crippen LogP contribution in [0.4, 0.5) is 18.9 Å². The van der Waals surface area contributed by atoms with E-state index in [1.165, 1.54) is 6.07 Å². The van der Waals surface area contributed by atoms with Gasteiger partial charge in [-0.25, -0.2) is 0 Å². The van der Waals surface area contributed by atoms with E-state index in [-0.39, 0.29) is 0 Å². The molecule has 0 aliphatic rings. The Hall–Kier alpha value is -1.50. The Morgan fingerprint density at radius 3 is 2.62 bits per heavy atom. The highest BCUT2D eigenvalue weighted by molar-refractivity contribution is 9.10. The van der Waals surface area contributed by atoms with Gasteiger partial charge in [-0.3, -0.25) is 4.68 Å². The van der Waals surface area contributed by atoms with Crippen molar-refractivity contribution in [2.75, 3.05) is 5.32 Å². The lowest BCUT2D eigenvalue weighted by atomic mass is 10.2. The second kappa shape index (κ2) is 6.09. The van der Waals surface area contributed by atoms with E-state index in [1.807, 2.05) is 24.6 Å². The van der Waals surface area contributed by atoms with Crippen LogP contribution in [0.25, 0.3) is 0 Å². The van der Waals surface area contributed by atoms with Crippen LogP contribution in [0.1, 0.15) is 23.9 Å². The summed E-state index contributed by atoms with van der Waals surface area (Å²) >= 11 is 3.26. The summed E-state index contributed by atoms with van der Waals surface area (Å²) in [5, 5.41) is 7.33. The molecule has 0 radical (unpaired) electrons. The Morgan fingerprint density at radius 2 is 2.00 bits per heavy atom. The van der Waals surface area contributed by atoms with E-state index in [2.05, 4.69) is 26.3 Å². The fraction of sp³-hybridized carbons (Fsp3) is 0.357. The molecule has 1 aromatic heterocycles. The lowest BCUT2D eigenvalue weighted by molar-refractivity contribution is -0.137. The Morgan fingerprint density at radius 1 is 1.29 bits per heavy atom. The summed E-state index contributed by atoms with van der Waals surface area (Å²) < 4.78 is 40.6. The Kier molecular flexibility index (Phi) is 4.61. The quantitative estimate of drug-likeness (QED) is 0.861. The summed E-state index contributed by atoms with van der Waals surface area (Å²) in [6.07, 6.45) is -4.35. The minimum absolute atomic E-state index is 0.409. The number of hydrogen-bond acceptors (Lipinski definition) is 2. The molecular formula is C14H15BrF3N3. The number of benzene rings is 1. The van der Waals surface area contributed by atoms with Gasteiger partial charge in [-0.15, -0.1) is 0 Å². The first-order chi connectivity index (χ1) is 9.81. The van der Waals surface area contributed by atoms with Crippen LogP contribution in [-0.4, -0.2) is 9.78 Å². The van der Waals surface area contributed by atoms with Crippen LogP contribution in [0, 0.1) is 6.92 Å². The average molecular weight is 362 g/mol. The summed E-state index contributed by atoms with van der Waals surface area (Å²) in [7, 11) is 0. The molecule has 0 spiro atoms. The SMILES string of the molecule is CCn1nc(C)cc1CNc1cc(C(F)(F)F)ccc1Br. The molecule has 1 aromatic carbocycles. The summed E-state index contributed by atoms with van der Waals surface area (Å²) in [4.78, 5) is 0. The molecule has 3 nitrogen and oxygen atoms in total. The Balaban J connectivity index is 2.19. The van der Waals surface area contributed by atoms with Crippen LogP contribution in [-0.2, 0) is 19.3 Å². The third-order valence-electron chi connectivity index (χ3n) is 3.04. The van der Waals surface area contributed by atoms with Crippen molar-refractivity contribution in [1.82, 2.24) is 9.78 Å². The average Bonchev–Trinajstić information content (AvgIpc) is 2.76. The highest BCUT2D eigenvalue weighted by Gasteiger charge is 2.30. The molecule has 2 rings (SSSR count). The van der Waals surface area contributed by atoms with Gasteiger partial charge in [-0.2, -0.15) is 18.3 Å². The molecule has 7 heteroatoms. The van der Waals surface area contributed by atoms with Gasteiger partial charge in [0.25, 0.3) is 0 Å². The topological polar surface area (TPSA) is 29.9 Å². The number of aromatic nitrogens is 2. The number of alkyl halides is 3. The number of nitrogens with zero attached hydrogens (tertiary/aromatic N) is 2. The molecule has 0 fully saturated rings. The second-order valence-electron chi connectivity index (χ2n) is 4.64. The molecule has 0 saturated heterocycles. The zero-order valence-electron chi connectivity index (χ0n) is 11.6. The zero-order valence-corrected chi connectivity index (χ0v) is 13.2. The summed E-state index contributed by atoms with van der Waals surface area (Å²) in [6, 6.07) is 5.46. The fourth-order valence-electron chi connectivity index (χ4n) is 2.04. The van der Waals surface area contributed by atoms with E-state index < -0.39 is 11.7 Å². The van der Waals surface area contributed by atoms with Crippen LogP contribution in [0.15, 0.2) is 28.7 Å². The van der Waals surface area contributed by atoms with Crippen LogP contribution in [0.3, 0.4) is 0 Å². The van der Waals surface area contributed by atoms with E-state index in [1.54, 1.807) is 0 Å². The van der Waals surface area contributed by atoms with Gasteiger partial charge in [0.2, 0.25) is 0 Å². The molecule has 21 heavy (non-hydrogen) atoms. The summed E-state index contributed by atoms with van der Waals surface area (Å²) in [6.45, 7) is 4.98. The molecule has 114 valence electrons. The number of aryl methyl sites for hydroxylation is 2. The number of halogens is 4. The Bertz CT molecular complexity index is 635. The van der Waals surface area contributed by atoms with Crippen molar-refractivity contribution in [3.63, 3.8) is 0 Å². The number of rotatable bonds is 4. The molecule has 0 amide bonds. The van der Waals surface area contributed by atoms with Crippen LogP contribution >= 0.6 is 15.9 Å². The molecule has 2 aromatic rings. The molecule has 0 unspecified atom stereocenters. The monoisotopic (exact) mass is 361 g/mol. The zero-order chi connectivity index (χ0) is 15.6. The third kappa shape index (κ3) is 3.78. The van der Waals surface area contributed by atoms with Crippen molar-refractivity contribution in [1.29, 1.82) is 0 Å². The first kappa shape index (κ1) is 15.9. The molecule has 0 bridgehead atoms. The minimum Gasteiger partial charge on any atom is -0.378 e. The van der Waals surface area contributed by atoms with E-state index >= 15 is 0 Å². The summed E-state index contributed by atoms with van der Waals surface area (Å²) in [5.41, 5.74) is 1.55. The first-order valence-electron chi connectivity index (χ1n) is 6.45. The first-order valence-corrected chi connectivity index (χ1v) is 7.24. The van der Waals surface area contributed by atoms with Crippen molar-refractivity contribution in [2.45, 2.75) is 33.1 Å². The normalized spacial score (nSPS) is 11.7. The fourth-order valence-corrected chi connectivity index (χ4v) is 2.42. The second-order valence-corrected chi connectivity index (χ2v) is 5.49. The van der Waals surface area contributed by atoms with Crippen molar-refractivity contribution >= 4 is 21.6 Å². The Labute approximate surface area is 129 Å². The highest BCUT2D eigenvalue weighted by atomic mass is 79.9. The maximum Gasteiger partial charge on any atom is 0.416 e. The molecule has 0 aliphatic heterocycles. The molecule has 0 saturated carbocycles. The van der Waals surface area contributed by atoms with E-state index in [9.17, 15) is 13.2 Å². The van der Waals surface area contributed by atoms with E-state index in [0.717, 1.165) is 23.5 Å². The predicted octanol–water partition coefficient (Wildman–Crippen LogP) is 4.60. The van der Waals surface area contributed by atoms with Crippen molar-refractivity contribution in [3.05, 3.63) is 45.7 Å². The van der Waals surface area contributed by atoms with Crippen molar-refractivity contribution in [3.8, 4) is 0 Å². The molecule has 0 atom stereocenters. The van der Waals surface area contributed by atoms with Gasteiger partial charge in [0, 0.05) is 16.7 Å². The molecular weight excluding hydrogens is 347 g/mol. The largest absolute Gasteiger partial charge is 0.416 e. The lowest BCUT2D eigenvalue weighted by Crippen LogP contribution is -2.10. The van der Waals surface area contributed by atoms with Crippen molar-refractivity contribution < 1.29 is 13.2 Å². The number of nitrogens with one attached hydrogen (secondary N) is 1. The maximum absolute atomic E-state index is 12.7.